The van der Waals surface area contributed by atoms with E-state index in [0.29, 0.717) is 33.4 Å². The van der Waals surface area contributed by atoms with Crippen LogP contribution in [0.1, 0.15) is 33.7 Å². The number of anilines is 1. The van der Waals surface area contributed by atoms with Crippen LogP contribution in [-0.2, 0) is 0 Å². The second kappa shape index (κ2) is 14.6. The summed E-state index contributed by atoms with van der Waals surface area (Å²) in [7, 11) is 4.07. The van der Waals surface area contributed by atoms with Gasteiger partial charge >= 0.3 is 0 Å². The van der Waals surface area contributed by atoms with Gasteiger partial charge in [0.15, 0.2) is 23.3 Å². The van der Waals surface area contributed by atoms with Crippen molar-refractivity contribution in [3.05, 3.63) is 209 Å². The van der Waals surface area contributed by atoms with Gasteiger partial charge in [0, 0.05) is 31.3 Å². The lowest BCUT2D eigenvalue weighted by Crippen LogP contribution is -2.13. The summed E-state index contributed by atoms with van der Waals surface area (Å²) in [6, 6.07) is 46.8. The zero-order valence-electron chi connectivity index (χ0n) is 26.8. The number of hydrogen-bond acceptors (Lipinski definition) is 1. The number of rotatable bonds is 6. The lowest BCUT2D eigenvalue weighted by molar-refractivity contribution is 0.370. The van der Waals surface area contributed by atoms with Gasteiger partial charge in [0.05, 0.1) is 0 Å². The van der Waals surface area contributed by atoms with Gasteiger partial charge in [-0.25, -0.2) is 22.0 Å². The molecular weight excluding hydrogens is 625 g/mol. The van der Waals surface area contributed by atoms with E-state index in [9.17, 15) is 13.2 Å². The van der Waals surface area contributed by atoms with Crippen LogP contribution in [0.2, 0.25) is 0 Å². The Kier molecular flexibility index (Phi) is 9.86. The first kappa shape index (κ1) is 33.2. The Hall–Kier alpha value is -5.75. The number of benzene rings is 6. The van der Waals surface area contributed by atoms with E-state index in [1.54, 1.807) is 60.7 Å². The molecule has 0 saturated heterocycles. The minimum atomic E-state index is -2.18. The first-order valence-corrected chi connectivity index (χ1v) is 15.7. The van der Waals surface area contributed by atoms with Gasteiger partial charge in [0.1, 0.15) is 0 Å². The molecule has 0 spiro atoms. The maximum Gasteiger partial charge on any atom is 0.200 e. The highest BCUT2D eigenvalue weighted by atomic mass is 19.2. The fourth-order valence-corrected chi connectivity index (χ4v) is 6.26. The summed E-state index contributed by atoms with van der Waals surface area (Å²) in [4.78, 5) is 2.08. The molecule has 6 heteroatoms. The van der Waals surface area contributed by atoms with Crippen LogP contribution < -0.4 is 4.90 Å². The molecule has 0 aliphatic heterocycles. The summed E-state index contributed by atoms with van der Waals surface area (Å²) in [6.07, 6.45) is 0. The normalized spacial score (nSPS) is 13.0. The molecule has 0 saturated carbocycles. The Labute approximate surface area is 282 Å². The molecule has 7 rings (SSSR count). The Balaban J connectivity index is 0.000000403. The molecular formula is C43H32F5N. The molecule has 0 N–H and O–H groups in total. The molecule has 0 radical (unpaired) electrons. The van der Waals surface area contributed by atoms with E-state index in [4.69, 9.17) is 0 Å². The van der Waals surface area contributed by atoms with Crippen molar-refractivity contribution in [2.24, 2.45) is 0 Å². The third kappa shape index (κ3) is 6.55. The zero-order chi connectivity index (χ0) is 34.5. The van der Waals surface area contributed by atoms with Crippen molar-refractivity contribution in [1.82, 2.24) is 0 Å². The van der Waals surface area contributed by atoms with E-state index < -0.39 is 40.6 Å². The summed E-state index contributed by atoms with van der Waals surface area (Å²) < 4.78 is 75.2. The predicted octanol–water partition coefficient (Wildman–Crippen LogP) is 11.5. The van der Waals surface area contributed by atoms with Crippen LogP contribution in [-0.4, -0.2) is 14.1 Å². The fourth-order valence-electron chi connectivity index (χ4n) is 6.26. The van der Waals surface area contributed by atoms with Gasteiger partial charge in [0.2, 0.25) is 5.82 Å². The van der Waals surface area contributed by atoms with Crippen molar-refractivity contribution in [3.63, 3.8) is 0 Å². The topological polar surface area (TPSA) is 3.24 Å². The largest absolute Gasteiger partial charge is 0.378 e. The Morgan fingerprint density at radius 3 is 0.959 bits per heavy atom. The number of hydrogen-bond donors (Lipinski definition) is 0. The number of halogens is 5. The van der Waals surface area contributed by atoms with Crippen molar-refractivity contribution in [1.29, 1.82) is 0 Å². The van der Waals surface area contributed by atoms with E-state index in [0.717, 1.165) is 11.1 Å². The van der Waals surface area contributed by atoms with Gasteiger partial charge in [-0.15, -0.1) is 0 Å². The van der Waals surface area contributed by atoms with Crippen LogP contribution in [0.4, 0.5) is 27.6 Å². The highest BCUT2D eigenvalue weighted by Crippen LogP contribution is 2.59. The number of para-hydroxylation sites is 1. The zero-order valence-corrected chi connectivity index (χ0v) is 26.8. The molecule has 0 unspecified atom stereocenters. The lowest BCUT2D eigenvalue weighted by Gasteiger charge is -2.23. The predicted molar refractivity (Wildman–Crippen MR) is 189 cm³/mol. The molecule has 1 aliphatic carbocycles. The minimum absolute atomic E-state index is 0.452. The van der Waals surface area contributed by atoms with E-state index >= 15 is 8.78 Å². The highest BCUT2D eigenvalue weighted by Gasteiger charge is 2.42. The molecule has 0 fully saturated rings. The average molecular weight is 658 g/mol. The molecule has 0 atom stereocenters. The molecule has 1 nitrogen and oxygen atoms in total. The van der Waals surface area contributed by atoms with Crippen LogP contribution in [0, 0.1) is 29.1 Å². The van der Waals surface area contributed by atoms with Crippen molar-refractivity contribution < 1.29 is 22.0 Å². The second-order valence-corrected chi connectivity index (χ2v) is 11.7. The van der Waals surface area contributed by atoms with Crippen molar-refractivity contribution >= 4 is 28.0 Å². The van der Waals surface area contributed by atoms with Gasteiger partial charge in [-0.3, -0.25) is 0 Å². The third-order valence-corrected chi connectivity index (χ3v) is 8.47. The lowest BCUT2D eigenvalue weighted by atomic mass is 9.80. The maximum atomic E-state index is 15.7. The smallest absolute Gasteiger partial charge is 0.200 e. The molecule has 1 aliphatic rings. The van der Waals surface area contributed by atoms with E-state index in [1.165, 1.54) is 5.69 Å². The Bertz CT molecular complexity index is 1980. The standard InChI is InChI=1S/C35H21F5.C8H11N/c36-31-30(32(37)34(39)35(40)33(31)38)29-27(23-17-9-3-10-18-23)25(21-13-5-1-6-14-21)26(22-15-7-2-8-16-22)28(29)24-19-11-4-12-20-24;1-9(2)8-6-4-3-5-7-8/h1-20,29H;3-7H,1-2H3. The Morgan fingerprint density at radius 2 is 0.653 bits per heavy atom. The van der Waals surface area contributed by atoms with Crippen molar-refractivity contribution in [2.45, 2.75) is 5.92 Å². The highest BCUT2D eigenvalue weighted by molar-refractivity contribution is 6.29. The van der Waals surface area contributed by atoms with Gasteiger partial charge in [-0.2, -0.15) is 0 Å². The summed E-state index contributed by atoms with van der Waals surface area (Å²) in [5.74, 6) is -11.1. The molecule has 244 valence electrons. The molecule has 0 aromatic heterocycles. The number of nitrogens with zero attached hydrogens (tertiary/aromatic N) is 1. The van der Waals surface area contributed by atoms with Crippen LogP contribution in [0.15, 0.2) is 152 Å². The summed E-state index contributed by atoms with van der Waals surface area (Å²) in [5, 5.41) is 0. The molecule has 0 bridgehead atoms. The fraction of sp³-hybridized carbons (Fsp3) is 0.0698. The first-order valence-electron chi connectivity index (χ1n) is 15.7. The van der Waals surface area contributed by atoms with Gasteiger partial charge in [-0.1, -0.05) is 140 Å². The number of allylic oxidation sites excluding steroid dienone is 4. The molecule has 49 heavy (non-hydrogen) atoms. The van der Waals surface area contributed by atoms with Crippen LogP contribution in [0.3, 0.4) is 0 Å². The van der Waals surface area contributed by atoms with Gasteiger partial charge in [-0.05, 0) is 56.7 Å². The third-order valence-electron chi connectivity index (χ3n) is 8.47. The summed E-state index contributed by atoms with van der Waals surface area (Å²) in [5.41, 5.74) is 5.30. The van der Waals surface area contributed by atoms with Crippen LogP contribution in [0.5, 0.6) is 0 Å². The van der Waals surface area contributed by atoms with Crippen molar-refractivity contribution in [2.75, 3.05) is 19.0 Å². The Morgan fingerprint density at radius 1 is 0.367 bits per heavy atom. The van der Waals surface area contributed by atoms with Crippen LogP contribution in [0.25, 0.3) is 22.3 Å². The van der Waals surface area contributed by atoms with Gasteiger partial charge in [0.25, 0.3) is 0 Å². The van der Waals surface area contributed by atoms with E-state index in [2.05, 4.69) is 17.0 Å². The molecule has 6 aromatic rings. The monoisotopic (exact) mass is 657 g/mol. The van der Waals surface area contributed by atoms with Crippen LogP contribution >= 0.6 is 0 Å². The van der Waals surface area contributed by atoms with Crippen molar-refractivity contribution in [3.8, 4) is 0 Å². The summed E-state index contributed by atoms with van der Waals surface area (Å²) in [6.45, 7) is 0. The summed E-state index contributed by atoms with van der Waals surface area (Å²) >= 11 is 0. The molecule has 6 aromatic carbocycles. The molecule has 0 heterocycles. The SMILES string of the molecule is CN(C)c1ccccc1.Fc1c(F)c(F)c(C2C(c3ccccc3)=C(c3ccccc3)C(c3ccccc3)=C2c2ccccc2)c(F)c1F. The van der Waals surface area contributed by atoms with Gasteiger partial charge < -0.3 is 4.90 Å². The quantitative estimate of drug-likeness (QED) is 0.0979. The maximum absolute atomic E-state index is 15.7. The first-order chi connectivity index (χ1) is 23.8. The average Bonchev–Trinajstić information content (AvgIpc) is 3.51. The van der Waals surface area contributed by atoms with E-state index in [1.807, 2.05) is 93.0 Å². The van der Waals surface area contributed by atoms with E-state index in [-0.39, 0.29) is 0 Å². The second-order valence-electron chi connectivity index (χ2n) is 11.7. The molecule has 0 amide bonds. The minimum Gasteiger partial charge on any atom is -0.378 e.